The number of hydrogen-bond donors (Lipinski definition) is 1. The van der Waals surface area contributed by atoms with Crippen LogP contribution in [0.15, 0.2) is 34.1 Å². The van der Waals surface area contributed by atoms with Gasteiger partial charge >= 0.3 is 0 Å². The molecule has 1 heterocycles. The van der Waals surface area contributed by atoms with Crippen LogP contribution in [0.4, 0.5) is 10.1 Å². The predicted octanol–water partition coefficient (Wildman–Crippen LogP) is 4.57. The van der Waals surface area contributed by atoms with E-state index in [0.29, 0.717) is 6.54 Å². The smallest absolute Gasteiger partial charge is 0.125 e. The summed E-state index contributed by atoms with van der Waals surface area (Å²) >= 11 is 5.14. The maximum atomic E-state index is 13.1. The molecule has 0 aliphatic rings. The van der Waals surface area contributed by atoms with Crippen LogP contribution in [0.2, 0.25) is 0 Å². The van der Waals surface area contributed by atoms with Gasteiger partial charge in [-0.25, -0.2) is 4.39 Å². The summed E-state index contributed by atoms with van der Waals surface area (Å²) in [7, 11) is 0. The van der Waals surface area contributed by atoms with Gasteiger partial charge in [0.15, 0.2) is 0 Å². The third-order valence-corrected chi connectivity index (χ3v) is 4.11. The molecule has 0 atom stereocenters. The van der Waals surface area contributed by atoms with Crippen LogP contribution in [0.3, 0.4) is 0 Å². The number of hydrogen-bond acceptors (Lipinski definition) is 2. The van der Waals surface area contributed by atoms with Gasteiger partial charge in [-0.15, -0.1) is 11.3 Å². The second-order valence-electron chi connectivity index (χ2n) is 3.56. The molecule has 84 valence electrons. The maximum absolute atomic E-state index is 13.1. The predicted molar refractivity (Wildman–Crippen MR) is 70.5 cm³/mol. The second kappa shape index (κ2) is 4.97. The Morgan fingerprint density at radius 1 is 1.38 bits per heavy atom. The lowest BCUT2D eigenvalue weighted by molar-refractivity contribution is 0.627. The average molecular weight is 300 g/mol. The van der Waals surface area contributed by atoms with Crippen LogP contribution in [0.25, 0.3) is 0 Å². The molecule has 0 radical (unpaired) electrons. The molecule has 0 bridgehead atoms. The number of halogens is 2. The van der Waals surface area contributed by atoms with Crippen molar-refractivity contribution in [3.05, 3.63) is 50.4 Å². The molecule has 0 fully saturated rings. The summed E-state index contributed by atoms with van der Waals surface area (Å²) < 4.78 is 14.2. The Balaban J connectivity index is 2.07. The number of thiophene rings is 1. The van der Waals surface area contributed by atoms with Gasteiger partial charge in [0, 0.05) is 15.0 Å². The van der Waals surface area contributed by atoms with Gasteiger partial charge in [0.2, 0.25) is 0 Å². The van der Waals surface area contributed by atoms with Crippen molar-refractivity contribution >= 4 is 33.0 Å². The highest BCUT2D eigenvalue weighted by Crippen LogP contribution is 2.24. The summed E-state index contributed by atoms with van der Waals surface area (Å²) in [6.07, 6.45) is 0. The van der Waals surface area contributed by atoms with E-state index in [2.05, 4.69) is 21.2 Å². The molecule has 2 aromatic rings. The highest BCUT2D eigenvalue weighted by molar-refractivity contribution is 9.10. The zero-order chi connectivity index (χ0) is 11.5. The molecule has 0 saturated heterocycles. The number of aryl methyl sites for hydroxylation is 1. The Hall–Kier alpha value is -0.870. The van der Waals surface area contributed by atoms with Crippen LogP contribution in [0.1, 0.15) is 10.4 Å². The van der Waals surface area contributed by atoms with Gasteiger partial charge in [0.1, 0.15) is 5.82 Å². The van der Waals surface area contributed by atoms with Crippen molar-refractivity contribution in [2.75, 3.05) is 5.32 Å². The first kappa shape index (κ1) is 11.6. The van der Waals surface area contributed by atoms with Crippen molar-refractivity contribution in [1.29, 1.82) is 0 Å². The number of benzene rings is 1. The van der Waals surface area contributed by atoms with Crippen LogP contribution < -0.4 is 5.32 Å². The Kier molecular flexibility index (Phi) is 3.61. The summed E-state index contributed by atoms with van der Waals surface area (Å²) in [6.45, 7) is 2.59. The van der Waals surface area contributed by atoms with E-state index in [-0.39, 0.29) is 5.82 Å². The standard InChI is InChI=1S/C12H11BrFNS/c1-8-4-9(14)6-10(5-8)15-7-12-11(13)2-3-16-12/h2-6,15H,7H2,1H3. The normalized spacial score (nSPS) is 10.4. The van der Waals surface area contributed by atoms with Crippen molar-refractivity contribution < 1.29 is 4.39 Å². The van der Waals surface area contributed by atoms with Crippen LogP contribution >= 0.6 is 27.3 Å². The van der Waals surface area contributed by atoms with E-state index in [0.717, 1.165) is 15.7 Å². The van der Waals surface area contributed by atoms with Gasteiger partial charge in [-0.1, -0.05) is 0 Å². The molecule has 2 rings (SSSR count). The molecule has 0 aliphatic heterocycles. The van der Waals surface area contributed by atoms with Gasteiger partial charge < -0.3 is 5.32 Å². The van der Waals surface area contributed by atoms with Gasteiger partial charge in [-0.05, 0) is 58.1 Å². The van der Waals surface area contributed by atoms with Crippen LogP contribution in [-0.4, -0.2) is 0 Å². The molecular weight excluding hydrogens is 289 g/mol. The molecule has 0 saturated carbocycles. The lowest BCUT2D eigenvalue weighted by Gasteiger charge is -2.06. The number of rotatable bonds is 3. The second-order valence-corrected chi connectivity index (χ2v) is 5.42. The first-order chi connectivity index (χ1) is 7.65. The van der Waals surface area contributed by atoms with E-state index < -0.39 is 0 Å². The first-order valence-electron chi connectivity index (χ1n) is 4.88. The van der Waals surface area contributed by atoms with E-state index in [1.54, 1.807) is 11.3 Å². The maximum Gasteiger partial charge on any atom is 0.125 e. The van der Waals surface area contributed by atoms with Crippen LogP contribution in [-0.2, 0) is 6.54 Å². The molecule has 0 amide bonds. The molecular formula is C12H11BrFNS. The summed E-state index contributed by atoms with van der Waals surface area (Å²) in [6, 6.07) is 6.98. The van der Waals surface area contributed by atoms with Gasteiger partial charge in [-0.3, -0.25) is 0 Å². The largest absolute Gasteiger partial charge is 0.380 e. The van der Waals surface area contributed by atoms with Crippen molar-refractivity contribution in [2.45, 2.75) is 13.5 Å². The van der Waals surface area contributed by atoms with Crippen molar-refractivity contribution in [3.63, 3.8) is 0 Å². The third-order valence-electron chi connectivity index (χ3n) is 2.19. The molecule has 1 aromatic carbocycles. The zero-order valence-corrected chi connectivity index (χ0v) is 11.2. The van der Waals surface area contributed by atoms with Crippen LogP contribution in [0, 0.1) is 12.7 Å². The minimum atomic E-state index is -0.201. The fourth-order valence-corrected chi connectivity index (χ4v) is 2.90. The molecule has 0 spiro atoms. The minimum absolute atomic E-state index is 0.201. The highest BCUT2D eigenvalue weighted by Gasteiger charge is 2.02. The lowest BCUT2D eigenvalue weighted by atomic mass is 10.2. The molecule has 4 heteroatoms. The Bertz CT molecular complexity index is 475. The first-order valence-corrected chi connectivity index (χ1v) is 6.55. The molecule has 1 nitrogen and oxygen atoms in total. The van der Waals surface area contributed by atoms with Gasteiger partial charge in [0.05, 0.1) is 6.54 Å². The van der Waals surface area contributed by atoms with E-state index in [1.807, 2.05) is 24.4 Å². The van der Waals surface area contributed by atoms with E-state index in [4.69, 9.17) is 0 Å². The fraction of sp³-hybridized carbons (Fsp3) is 0.167. The summed E-state index contributed by atoms with van der Waals surface area (Å²) in [4.78, 5) is 1.21. The molecule has 1 N–H and O–H groups in total. The number of anilines is 1. The molecule has 16 heavy (non-hydrogen) atoms. The zero-order valence-electron chi connectivity index (χ0n) is 8.76. The monoisotopic (exact) mass is 299 g/mol. The lowest BCUT2D eigenvalue weighted by Crippen LogP contribution is -1.98. The van der Waals surface area contributed by atoms with Crippen molar-refractivity contribution in [1.82, 2.24) is 0 Å². The minimum Gasteiger partial charge on any atom is -0.380 e. The van der Waals surface area contributed by atoms with Crippen molar-refractivity contribution in [3.8, 4) is 0 Å². The van der Waals surface area contributed by atoms with Crippen LogP contribution in [0.5, 0.6) is 0 Å². The fourth-order valence-electron chi connectivity index (χ4n) is 1.47. The van der Waals surface area contributed by atoms with Gasteiger partial charge in [0.25, 0.3) is 0 Å². The molecule has 0 unspecified atom stereocenters. The average Bonchev–Trinajstić information content (AvgIpc) is 2.59. The summed E-state index contributed by atoms with van der Waals surface area (Å²) in [5, 5.41) is 5.24. The van der Waals surface area contributed by atoms with E-state index in [9.17, 15) is 4.39 Å². The Labute approximate surface area is 106 Å². The SMILES string of the molecule is Cc1cc(F)cc(NCc2sccc2Br)c1. The molecule has 0 aliphatic carbocycles. The molecule has 1 aromatic heterocycles. The quantitative estimate of drug-likeness (QED) is 0.875. The Morgan fingerprint density at radius 2 is 2.19 bits per heavy atom. The Morgan fingerprint density at radius 3 is 2.81 bits per heavy atom. The summed E-state index contributed by atoms with van der Waals surface area (Å²) in [5.74, 6) is -0.201. The van der Waals surface area contributed by atoms with Crippen molar-refractivity contribution in [2.24, 2.45) is 0 Å². The topological polar surface area (TPSA) is 12.0 Å². The third kappa shape index (κ3) is 2.83. The highest BCUT2D eigenvalue weighted by atomic mass is 79.9. The van der Waals surface area contributed by atoms with E-state index in [1.165, 1.54) is 17.0 Å². The van der Waals surface area contributed by atoms with Gasteiger partial charge in [-0.2, -0.15) is 0 Å². The number of nitrogens with one attached hydrogen (secondary N) is 1. The van der Waals surface area contributed by atoms with E-state index >= 15 is 0 Å². The summed E-state index contributed by atoms with van der Waals surface area (Å²) in [5.41, 5.74) is 1.74.